The molecule has 0 radical (unpaired) electrons. The molecule has 6 heteroatoms. The first kappa shape index (κ1) is 15.8. The lowest BCUT2D eigenvalue weighted by atomic mass is 9.98. The van der Waals surface area contributed by atoms with Gasteiger partial charge in [-0.3, -0.25) is 0 Å². The van der Waals surface area contributed by atoms with E-state index in [0.29, 0.717) is 15.2 Å². The zero-order valence-electron chi connectivity index (χ0n) is 10.5. The van der Waals surface area contributed by atoms with Crippen LogP contribution in [0.4, 0.5) is 4.39 Å². The number of nitrogens with two attached hydrogens (primary N) is 1. The fraction of sp³-hybridized carbons (Fsp3) is 0.143. The third kappa shape index (κ3) is 3.17. The molecular formula is C14H11Br2ClFNO. The lowest BCUT2D eigenvalue weighted by Crippen LogP contribution is -2.14. The van der Waals surface area contributed by atoms with E-state index < -0.39 is 6.04 Å². The van der Waals surface area contributed by atoms with Crippen molar-refractivity contribution in [3.63, 3.8) is 0 Å². The first-order chi connectivity index (χ1) is 9.43. The van der Waals surface area contributed by atoms with Gasteiger partial charge in [0.05, 0.1) is 17.6 Å². The van der Waals surface area contributed by atoms with Crippen molar-refractivity contribution in [1.82, 2.24) is 0 Å². The molecule has 0 bridgehead atoms. The van der Waals surface area contributed by atoms with Crippen LogP contribution in [0.25, 0.3) is 0 Å². The van der Waals surface area contributed by atoms with Gasteiger partial charge in [-0.05, 0) is 45.8 Å². The number of halogens is 4. The first-order valence-electron chi connectivity index (χ1n) is 5.67. The molecule has 106 valence electrons. The van der Waals surface area contributed by atoms with Gasteiger partial charge >= 0.3 is 0 Å². The van der Waals surface area contributed by atoms with Crippen molar-refractivity contribution in [3.05, 3.63) is 61.2 Å². The average Bonchev–Trinajstić information content (AvgIpc) is 2.37. The van der Waals surface area contributed by atoms with Crippen LogP contribution in [0.2, 0.25) is 5.02 Å². The highest BCUT2D eigenvalue weighted by atomic mass is 79.9. The Morgan fingerprint density at radius 2 is 1.85 bits per heavy atom. The first-order valence-corrected chi connectivity index (χ1v) is 7.64. The van der Waals surface area contributed by atoms with E-state index >= 15 is 0 Å². The molecule has 0 aliphatic rings. The molecule has 0 amide bonds. The van der Waals surface area contributed by atoms with Crippen LogP contribution in [0.5, 0.6) is 5.75 Å². The van der Waals surface area contributed by atoms with Gasteiger partial charge < -0.3 is 10.5 Å². The van der Waals surface area contributed by atoms with Gasteiger partial charge in [0.25, 0.3) is 0 Å². The van der Waals surface area contributed by atoms with Crippen LogP contribution in [0.3, 0.4) is 0 Å². The standard InChI is InChI=1S/C14H11Br2ClFNO/c1-20-14-10(4-7(17)5-12(14)16)13(19)9-3-2-8(18)6-11(9)15/h2-6,13H,19H2,1H3. The molecule has 1 atom stereocenters. The minimum absolute atomic E-state index is 0.327. The number of ether oxygens (including phenoxy) is 1. The Morgan fingerprint density at radius 3 is 2.45 bits per heavy atom. The van der Waals surface area contributed by atoms with Gasteiger partial charge in [-0.2, -0.15) is 0 Å². The van der Waals surface area contributed by atoms with E-state index in [9.17, 15) is 4.39 Å². The third-order valence-corrected chi connectivity index (χ3v) is 4.37. The number of hydrogen-bond donors (Lipinski definition) is 1. The van der Waals surface area contributed by atoms with E-state index in [0.717, 1.165) is 15.6 Å². The smallest absolute Gasteiger partial charge is 0.138 e. The summed E-state index contributed by atoms with van der Waals surface area (Å²) >= 11 is 12.8. The fourth-order valence-electron chi connectivity index (χ4n) is 1.95. The predicted molar refractivity (Wildman–Crippen MR) is 85.8 cm³/mol. The molecule has 2 aromatic rings. The normalized spacial score (nSPS) is 12.3. The van der Waals surface area contributed by atoms with Crippen molar-refractivity contribution in [2.24, 2.45) is 5.73 Å². The highest BCUT2D eigenvalue weighted by molar-refractivity contribution is 9.10. The van der Waals surface area contributed by atoms with E-state index in [-0.39, 0.29) is 5.82 Å². The van der Waals surface area contributed by atoms with Crippen molar-refractivity contribution in [2.75, 3.05) is 7.11 Å². The SMILES string of the molecule is COc1c(Br)cc(Cl)cc1C(N)c1ccc(F)cc1Br. The second-order valence-electron chi connectivity index (χ2n) is 4.15. The molecule has 0 aromatic heterocycles. The molecule has 2 rings (SSSR count). The van der Waals surface area contributed by atoms with Gasteiger partial charge in [0, 0.05) is 15.1 Å². The van der Waals surface area contributed by atoms with Crippen LogP contribution in [0.1, 0.15) is 17.2 Å². The highest BCUT2D eigenvalue weighted by Crippen LogP contribution is 2.38. The zero-order valence-corrected chi connectivity index (χ0v) is 14.4. The molecule has 0 spiro atoms. The van der Waals surface area contributed by atoms with Gasteiger partial charge in [-0.15, -0.1) is 0 Å². The maximum Gasteiger partial charge on any atom is 0.138 e. The van der Waals surface area contributed by atoms with Crippen LogP contribution < -0.4 is 10.5 Å². The molecule has 0 saturated heterocycles. The summed E-state index contributed by atoms with van der Waals surface area (Å²) in [6.45, 7) is 0. The molecule has 0 aliphatic carbocycles. The average molecular weight is 424 g/mol. The zero-order chi connectivity index (χ0) is 14.9. The van der Waals surface area contributed by atoms with E-state index in [1.165, 1.54) is 12.1 Å². The van der Waals surface area contributed by atoms with Crippen LogP contribution in [0.15, 0.2) is 39.3 Å². The maximum absolute atomic E-state index is 13.2. The van der Waals surface area contributed by atoms with E-state index in [2.05, 4.69) is 31.9 Å². The number of hydrogen-bond acceptors (Lipinski definition) is 2. The lowest BCUT2D eigenvalue weighted by Gasteiger charge is -2.19. The van der Waals surface area contributed by atoms with Crippen LogP contribution in [-0.4, -0.2) is 7.11 Å². The van der Waals surface area contributed by atoms with Gasteiger partial charge in [0.2, 0.25) is 0 Å². The van der Waals surface area contributed by atoms with E-state index in [4.69, 9.17) is 22.1 Å². The number of benzene rings is 2. The summed E-state index contributed by atoms with van der Waals surface area (Å²) in [7, 11) is 1.56. The van der Waals surface area contributed by atoms with Crippen molar-refractivity contribution in [1.29, 1.82) is 0 Å². The van der Waals surface area contributed by atoms with E-state index in [1.54, 1.807) is 25.3 Å². The van der Waals surface area contributed by atoms with Gasteiger partial charge in [-0.25, -0.2) is 4.39 Å². The van der Waals surface area contributed by atoms with Crippen molar-refractivity contribution < 1.29 is 9.13 Å². The Morgan fingerprint density at radius 1 is 1.15 bits per heavy atom. The minimum atomic E-state index is -0.491. The molecule has 2 N–H and O–H groups in total. The molecule has 0 saturated carbocycles. The van der Waals surface area contributed by atoms with Crippen LogP contribution >= 0.6 is 43.5 Å². The van der Waals surface area contributed by atoms with E-state index in [1.807, 2.05) is 0 Å². The Labute approximate surface area is 138 Å². The molecule has 0 fully saturated rings. The topological polar surface area (TPSA) is 35.2 Å². The van der Waals surface area contributed by atoms with Gasteiger partial charge in [-0.1, -0.05) is 33.6 Å². The lowest BCUT2D eigenvalue weighted by molar-refractivity contribution is 0.405. The molecule has 0 aliphatic heterocycles. The molecule has 1 unspecified atom stereocenters. The molecular weight excluding hydrogens is 412 g/mol. The Balaban J connectivity index is 2.55. The second-order valence-corrected chi connectivity index (χ2v) is 6.30. The van der Waals surface area contributed by atoms with Crippen molar-refractivity contribution in [3.8, 4) is 5.75 Å². The van der Waals surface area contributed by atoms with Crippen molar-refractivity contribution >= 4 is 43.5 Å². The molecule has 20 heavy (non-hydrogen) atoms. The van der Waals surface area contributed by atoms with Gasteiger partial charge in [0.15, 0.2) is 0 Å². The summed E-state index contributed by atoms with van der Waals surface area (Å²) in [6, 6.07) is 7.36. The van der Waals surface area contributed by atoms with Gasteiger partial charge in [0.1, 0.15) is 11.6 Å². The molecule has 0 heterocycles. The predicted octanol–water partition coefficient (Wildman–Crippen LogP) is 5.06. The summed E-state index contributed by atoms with van der Waals surface area (Å²) in [6.07, 6.45) is 0. The van der Waals surface area contributed by atoms with Crippen LogP contribution in [0, 0.1) is 5.82 Å². The third-order valence-electron chi connectivity index (χ3n) is 2.87. The summed E-state index contributed by atoms with van der Waals surface area (Å²) < 4.78 is 19.8. The summed E-state index contributed by atoms with van der Waals surface area (Å²) in [5.74, 6) is 0.283. The molecule has 2 aromatic carbocycles. The Kier molecular flexibility index (Phi) is 5.07. The van der Waals surface area contributed by atoms with Crippen LogP contribution in [-0.2, 0) is 0 Å². The monoisotopic (exact) mass is 421 g/mol. The highest BCUT2D eigenvalue weighted by Gasteiger charge is 2.19. The molecule has 2 nitrogen and oxygen atoms in total. The quantitative estimate of drug-likeness (QED) is 0.749. The second kappa shape index (κ2) is 6.43. The summed E-state index contributed by atoms with van der Waals surface area (Å²) in [5, 5.41) is 0.543. The number of methoxy groups -OCH3 is 1. The van der Waals surface area contributed by atoms with Crippen molar-refractivity contribution in [2.45, 2.75) is 6.04 Å². The summed E-state index contributed by atoms with van der Waals surface area (Å²) in [4.78, 5) is 0. The largest absolute Gasteiger partial charge is 0.495 e. The Hall–Kier alpha value is -0.620. The number of rotatable bonds is 3. The fourth-order valence-corrected chi connectivity index (χ4v) is 3.54. The summed E-state index contributed by atoms with van der Waals surface area (Å²) in [5.41, 5.74) is 7.74. The Bertz CT molecular complexity index is 651. The minimum Gasteiger partial charge on any atom is -0.495 e. The maximum atomic E-state index is 13.2.